The summed E-state index contributed by atoms with van der Waals surface area (Å²) in [6.45, 7) is 3.24. The first-order chi connectivity index (χ1) is 15.5. The maximum absolute atomic E-state index is 13.4. The molecular weight excluding hydrogens is 489 g/mol. The lowest BCUT2D eigenvalue weighted by Crippen LogP contribution is -2.51. The second kappa shape index (κ2) is 11.6. The molecule has 0 unspecified atom stereocenters. The number of carbonyl (C=O) groups excluding carboxylic acids is 2. The largest absolute Gasteiger partial charge is 0.495 e. The molecule has 11 heteroatoms. The van der Waals surface area contributed by atoms with E-state index in [4.69, 9.17) is 27.9 Å². The molecule has 1 atom stereocenters. The number of amides is 2. The van der Waals surface area contributed by atoms with Gasteiger partial charge in [0.15, 0.2) is 0 Å². The Bertz CT molecular complexity index is 1110. The highest BCUT2D eigenvalue weighted by Gasteiger charge is 2.31. The van der Waals surface area contributed by atoms with E-state index < -0.39 is 28.5 Å². The number of methoxy groups -OCH3 is 1. The van der Waals surface area contributed by atoms with E-state index in [1.165, 1.54) is 24.1 Å². The Labute approximate surface area is 204 Å². The molecule has 0 bridgehead atoms. The zero-order chi connectivity index (χ0) is 24.8. The van der Waals surface area contributed by atoms with Crippen molar-refractivity contribution >= 4 is 50.7 Å². The Hall–Kier alpha value is -2.49. The normalized spacial score (nSPS) is 12.1. The second-order valence-corrected chi connectivity index (χ2v) is 10.1. The molecule has 33 heavy (non-hydrogen) atoms. The predicted octanol–water partition coefficient (Wildman–Crippen LogP) is 3.32. The van der Waals surface area contributed by atoms with Gasteiger partial charge in [0, 0.05) is 23.1 Å². The van der Waals surface area contributed by atoms with Gasteiger partial charge in [-0.25, -0.2) is 8.42 Å². The molecule has 2 aromatic carbocycles. The first kappa shape index (κ1) is 26.8. The third kappa shape index (κ3) is 7.25. The first-order valence-corrected chi connectivity index (χ1v) is 12.7. The lowest BCUT2D eigenvalue weighted by atomic mass is 10.1. The fourth-order valence-electron chi connectivity index (χ4n) is 3.19. The fraction of sp³-hybridized carbons (Fsp3) is 0.364. The average molecular weight is 516 g/mol. The zero-order valence-electron chi connectivity index (χ0n) is 18.8. The highest BCUT2D eigenvalue weighted by atomic mass is 35.5. The van der Waals surface area contributed by atoms with Crippen LogP contribution in [0.1, 0.15) is 19.4 Å². The Morgan fingerprint density at radius 1 is 1.12 bits per heavy atom. The summed E-state index contributed by atoms with van der Waals surface area (Å²) in [5.74, 6) is -0.712. The van der Waals surface area contributed by atoms with Crippen molar-refractivity contribution in [3.63, 3.8) is 0 Å². The SMILES string of the molecule is CCNC(=O)[C@@H](C)N(Cc1cccc(Cl)c1)C(=O)CN(c1cc(Cl)ccc1OC)S(C)(=O)=O. The molecule has 0 aliphatic rings. The summed E-state index contributed by atoms with van der Waals surface area (Å²) in [7, 11) is -2.52. The first-order valence-electron chi connectivity index (χ1n) is 10.1. The third-order valence-corrected chi connectivity index (χ3v) is 6.45. The summed E-state index contributed by atoms with van der Waals surface area (Å²) in [4.78, 5) is 27.3. The molecule has 0 aliphatic heterocycles. The van der Waals surface area contributed by atoms with Crippen LogP contribution in [0, 0.1) is 0 Å². The van der Waals surface area contributed by atoms with Crippen LogP contribution in [-0.2, 0) is 26.2 Å². The van der Waals surface area contributed by atoms with Crippen molar-refractivity contribution < 1.29 is 22.7 Å². The molecule has 1 N–H and O–H groups in total. The lowest BCUT2D eigenvalue weighted by molar-refractivity contribution is -0.139. The standard InChI is InChI=1S/C22H27Cl2N3O5S/c1-5-25-22(29)15(2)26(13-16-7-6-8-17(23)11-16)21(28)14-27(33(4,30)31)19-12-18(24)9-10-20(19)32-3/h6-12,15H,5,13-14H2,1-4H3,(H,25,29)/t15-/m1/s1. The molecular formula is C22H27Cl2N3O5S. The number of hydrogen-bond acceptors (Lipinski definition) is 5. The Kier molecular flexibility index (Phi) is 9.39. The molecule has 0 aromatic heterocycles. The Balaban J connectivity index is 2.46. The fourth-order valence-corrected chi connectivity index (χ4v) is 4.41. The van der Waals surface area contributed by atoms with Crippen molar-refractivity contribution in [2.45, 2.75) is 26.4 Å². The highest BCUT2D eigenvalue weighted by molar-refractivity contribution is 7.92. The van der Waals surface area contributed by atoms with E-state index in [1.54, 1.807) is 44.2 Å². The second-order valence-electron chi connectivity index (χ2n) is 7.31. The van der Waals surface area contributed by atoms with E-state index in [0.29, 0.717) is 17.1 Å². The van der Waals surface area contributed by atoms with Crippen molar-refractivity contribution in [1.82, 2.24) is 10.2 Å². The molecule has 0 saturated heterocycles. The monoisotopic (exact) mass is 515 g/mol. The van der Waals surface area contributed by atoms with Crippen LogP contribution in [0.2, 0.25) is 10.0 Å². The van der Waals surface area contributed by atoms with Gasteiger partial charge in [0.1, 0.15) is 18.3 Å². The molecule has 0 saturated carbocycles. The van der Waals surface area contributed by atoms with Crippen LogP contribution < -0.4 is 14.4 Å². The maximum atomic E-state index is 13.4. The number of anilines is 1. The topological polar surface area (TPSA) is 96.0 Å². The molecule has 0 radical (unpaired) electrons. The lowest BCUT2D eigenvalue weighted by Gasteiger charge is -2.31. The number of halogens is 2. The minimum absolute atomic E-state index is 0.0575. The van der Waals surface area contributed by atoms with Gasteiger partial charge in [-0.15, -0.1) is 0 Å². The minimum atomic E-state index is -3.91. The quantitative estimate of drug-likeness (QED) is 0.523. The maximum Gasteiger partial charge on any atom is 0.244 e. The number of nitrogens with one attached hydrogen (secondary N) is 1. The van der Waals surface area contributed by atoms with Gasteiger partial charge >= 0.3 is 0 Å². The number of rotatable bonds is 10. The van der Waals surface area contributed by atoms with Crippen molar-refractivity contribution in [1.29, 1.82) is 0 Å². The number of ether oxygens (including phenoxy) is 1. The van der Waals surface area contributed by atoms with Crippen LogP contribution in [-0.4, -0.2) is 57.6 Å². The number of likely N-dealkylation sites (N-methyl/N-ethyl adjacent to an activating group) is 1. The number of carbonyl (C=O) groups is 2. The molecule has 2 rings (SSSR count). The smallest absolute Gasteiger partial charge is 0.244 e. The molecule has 0 fully saturated rings. The van der Waals surface area contributed by atoms with Gasteiger partial charge in [-0.05, 0) is 49.7 Å². The predicted molar refractivity (Wildman–Crippen MR) is 130 cm³/mol. The number of sulfonamides is 1. The molecule has 0 spiro atoms. The van der Waals surface area contributed by atoms with Crippen molar-refractivity contribution in [3.05, 3.63) is 58.1 Å². The molecule has 2 aromatic rings. The van der Waals surface area contributed by atoms with Crippen LogP contribution in [0.5, 0.6) is 5.75 Å². The molecule has 2 amide bonds. The molecule has 0 heterocycles. The summed E-state index contributed by atoms with van der Waals surface area (Å²) in [5, 5.41) is 3.45. The van der Waals surface area contributed by atoms with E-state index in [-0.39, 0.29) is 28.9 Å². The van der Waals surface area contributed by atoms with E-state index >= 15 is 0 Å². The van der Waals surface area contributed by atoms with E-state index in [9.17, 15) is 18.0 Å². The van der Waals surface area contributed by atoms with Crippen molar-refractivity contribution in [3.8, 4) is 5.75 Å². The zero-order valence-corrected chi connectivity index (χ0v) is 21.2. The van der Waals surface area contributed by atoms with Crippen LogP contribution in [0.15, 0.2) is 42.5 Å². The third-order valence-electron chi connectivity index (χ3n) is 4.85. The van der Waals surface area contributed by atoms with Crippen LogP contribution in [0.25, 0.3) is 0 Å². The van der Waals surface area contributed by atoms with Crippen LogP contribution >= 0.6 is 23.2 Å². The summed E-state index contributed by atoms with van der Waals surface area (Å²) < 4.78 is 31.5. The molecule has 0 aliphatic carbocycles. The van der Waals surface area contributed by atoms with Gasteiger partial charge in [0.2, 0.25) is 21.8 Å². The highest BCUT2D eigenvalue weighted by Crippen LogP contribution is 2.33. The Morgan fingerprint density at radius 3 is 2.36 bits per heavy atom. The van der Waals surface area contributed by atoms with E-state index in [1.807, 2.05) is 0 Å². The van der Waals surface area contributed by atoms with E-state index in [0.717, 1.165) is 10.6 Å². The van der Waals surface area contributed by atoms with Gasteiger partial charge in [-0.1, -0.05) is 35.3 Å². The number of benzene rings is 2. The van der Waals surface area contributed by atoms with Crippen molar-refractivity contribution in [2.24, 2.45) is 0 Å². The average Bonchev–Trinajstić information content (AvgIpc) is 2.74. The number of nitrogens with zero attached hydrogens (tertiary/aromatic N) is 2. The van der Waals surface area contributed by atoms with Gasteiger partial charge in [-0.2, -0.15) is 0 Å². The summed E-state index contributed by atoms with van der Waals surface area (Å²) in [5.41, 5.74) is 0.812. The van der Waals surface area contributed by atoms with Crippen LogP contribution in [0.4, 0.5) is 5.69 Å². The molecule has 180 valence electrons. The summed E-state index contributed by atoms with van der Waals surface area (Å²) >= 11 is 12.2. The molecule has 8 nitrogen and oxygen atoms in total. The summed E-state index contributed by atoms with van der Waals surface area (Å²) in [6.07, 6.45) is 0.981. The van der Waals surface area contributed by atoms with E-state index in [2.05, 4.69) is 5.32 Å². The number of hydrogen-bond donors (Lipinski definition) is 1. The van der Waals surface area contributed by atoms with Gasteiger partial charge in [0.25, 0.3) is 0 Å². The van der Waals surface area contributed by atoms with Crippen LogP contribution in [0.3, 0.4) is 0 Å². The minimum Gasteiger partial charge on any atom is -0.495 e. The summed E-state index contributed by atoms with van der Waals surface area (Å²) in [6, 6.07) is 10.5. The van der Waals surface area contributed by atoms with Gasteiger partial charge in [0.05, 0.1) is 19.1 Å². The Morgan fingerprint density at radius 2 is 1.79 bits per heavy atom. The van der Waals surface area contributed by atoms with Gasteiger partial charge in [-0.3, -0.25) is 13.9 Å². The van der Waals surface area contributed by atoms with Gasteiger partial charge < -0.3 is 15.0 Å². The van der Waals surface area contributed by atoms with Crippen molar-refractivity contribution in [2.75, 3.05) is 30.8 Å².